The van der Waals surface area contributed by atoms with Crippen molar-refractivity contribution in [3.05, 3.63) is 88.1 Å². The maximum atomic E-state index is 13.0. The van der Waals surface area contributed by atoms with E-state index in [-0.39, 0.29) is 24.1 Å². The summed E-state index contributed by atoms with van der Waals surface area (Å²) in [5.41, 5.74) is 4.31. The molecular weight excluding hydrogens is 402 g/mol. The van der Waals surface area contributed by atoms with Gasteiger partial charge in [0.05, 0.1) is 17.9 Å². The van der Waals surface area contributed by atoms with Crippen LogP contribution >= 0.6 is 0 Å². The standard InChI is InChI=1S/C25H27N5O2/c1-4-8-22(19-9-6-5-7-10-19)28-23(31)15-29-16-26-24-21(25(29)32)14-27-30(24)20-12-17(2)11-18(3)13-20/h5-7,9-14,16,22H,4,8,15H2,1-3H3,(H,28,31). The van der Waals surface area contributed by atoms with Gasteiger partial charge in [0.25, 0.3) is 5.56 Å². The number of aryl methyl sites for hydroxylation is 2. The maximum Gasteiger partial charge on any atom is 0.264 e. The number of carbonyl (C=O) groups is 1. The first-order valence-electron chi connectivity index (χ1n) is 10.8. The molecule has 0 saturated carbocycles. The Hall–Kier alpha value is -3.74. The van der Waals surface area contributed by atoms with Crippen molar-refractivity contribution in [1.29, 1.82) is 0 Å². The fraction of sp³-hybridized carbons (Fsp3) is 0.280. The number of rotatable bonds is 7. The number of amides is 1. The van der Waals surface area contributed by atoms with Gasteiger partial charge in [-0.25, -0.2) is 9.67 Å². The quantitative estimate of drug-likeness (QED) is 0.484. The third-order valence-electron chi connectivity index (χ3n) is 5.43. The highest BCUT2D eigenvalue weighted by Gasteiger charge is 2.17. The summed E-state index contributed by atoms with van der Waals surface area (Å²) < 4.78 is 2.99. The molecule has 2 aromatic carbocycles. The largest absolute Gasteiger partial charge is 0.348 e. The topological polar surface area (TPSA) is 81.8 Å². The molecule has 0 bridgehead atoms. The Kier molecular flexibility index (Phi) is 6.16. The fourth-order valence-electron chi connectivity index (χ4n) is 4.01. The summed E-state index contributed by atoms with van der Waals surface area (Å²) in [6.07, 6.45) is 4.69. The van der Waals surface area contributed by atoms with E-state index in [2.05, 4.69) is 28.4 Å². The van der Waals surface area contributed by atoms with Crippen molar-refractivity contribution in [1.82, 2.24) is 24.6 Å². The van der Waals surface area contributed by atoms with E-state index in [1.54, 1.807) is 4.68 Å². The number of benzene rings is 2. The third kappa shape index (κ3) is 4.46. The van der Waals surface area contributed by atoms with Crippen molar-refractivity contribution in [2.45, 2.75) is 46.2 Å². The van der Waals surface area contributed by atoms with Crippen molar-refractivity contribution in [2.75, 3.05) is 0 Å². The Morgan fingerprint density at radius 2 is 1.81 bits per heavy atom. The number of fused-ring (bicyclic) bond motifs is 1. The van der Waals surface area contributed by atoms with Crippen LogP contribution in [-0.4, -0.2) is 25.2 Å². The zero-order valence-corrected chi connectivity index (χ0v) is 18.6. The van der Waals surface area contributed by atoms with Crippen LogP contribution in [0.25, 0.3) is 16.7 Å². The van der Waals surface area contributed by atoms with Gasteiger partial charge >= 0.3 is 0 Å². The number of hydrogen-bond acceptors (Lipinski definition) is 4. The number of aromatic nitrogens is 4. The Morgan fingerprint density at radius 1 is 1.09 bits per heavy atom. The summed E-state index contributed by atoms with van der Waals surface area (Å²) >= 11 is 0. The molecule has 7 nitrogen and oxygen atoms in total. The molecule has 1 N–H and O–H groups in total. The van der Waals surface area contributed by atoms with E-state index in [1.807, 2.05) is 56.3 Å². The van der Waals surface area contributed by atoms with E-state index in [9.17, 15) is 9.59 Å². The van der Waals surface area contributed by atoms with Crippen LogP contribution in [0.2, 0.25) is 0 Å². The molecule has 2 heterocycles. The van der Waals surface area contributed by atoms with Gasteiger partial charge in [-0.2, -0.15) is 5.10 Å². The summed E-state index contributed by atoms with van der Waals surface area (Å²) in [5.74, 6) is -0.225. The molecule has 0 saturated heterocycles. The predicted molar refractivity (Wildman–Crippen MR) is 125 cm³/mol. The van der Waals surface area contributed by atoms with E-state index in [0.717, 1.165) is 35.2 Å². The van der Waals surface area contributed by atoms with Crippen LogP contribution in [0.1, 0.15) is 42.5 Å². The number of nitrogens with one attached hydrogen (secondary N) is 1. The highest BCUT2D eigenvalue weighted by atomic mass is 16.2. The van der Waals surface area contributed by atoms with Gasteiger partial charge in [-0.05, 0) is 49.1 Å². The van der Waals surface area contributed by atoms with E-state index < -0.39 is 0 Å². The molecule has 2 aromatic heterocycles. The molecule has 0 radical (unpaired) electrons. The Morgan fingerprint density at radius 3 is 2.50 bits per heavy atom. The van der Waals surface area contributed by atoms with Gasteiger partial charge in [0.1, 0.15) is 18.3 Å². The molecule has 4 rings (SSSR count). The van der Waals surface area contributed by atoms with Gasteiger partial charge in [0.15, 0.2) is 5.65 Å². The molecule has 4 aromatic rings. The molecule has 1 unspecified atom stereocenters. The van der Waals surface area contributed by atoms with Crippen molar-refractivity contribution < 1.29 is 4.79 Å². The zero-order valence-electron chi connectivity index (χ0n) is 18.6. The molecule has 164 valence electrons. The summed E-state index contributed by atoms with van der Waals surface area (Å²) in [6, 6.07) is 15.9. The Bertz CT molecular complexity index is 1290. The fourth-order valence-corrected chi connectivity index (χ4v) is 4.01. The van der Waals surface area contributed by atoms with Crippen LogP contribution in [0.15, 0.2) is 65.8 Å². The average Bonchev–Trinajstić information content (AvgIpc) is 3.20. The van der Waals surface area contributed by atoms with Crippen LogP contribution in [-0.2, 0) is 11.3 Å². The van der Waals surface area contributed by atoms with Crippen molar-refractivity contribution in [3.63, 3.8) is 0 Å². The number of hydrogen-bond donors (Lipinski definition) is 1. The molecular formula is C25H27N5O2. The third-order valence-corrected chi connectivity index (χ3v) is 5.43. The monoisotopic (exact) mass is 429 g/mol. The second-order valence-electron chi connectivity index (χ2n) is 8.14. The minimum atomic E-state index is -0.285. The lowest BCUT2D eigenvalue weighted by Gasteiger charge is -2.19. The highest BCUT2D eigenvalue weighted by molar-refractivity contribution is 5.78. The van der Waals surface area contributed by atoms with Crippen LogP contribution in [0.4, 0.5) is 0 Å². The molecule has 0 aliphatic carbocycles. The van der Waals surface area contributed by atoms with E-state index in [0.29, 0.717) is 11.0 Å². The first-order chi connectivity index (χ1) is 15.5. The molecule has 0 fully saturated rings. The summed E-state index contributed by atoms with van der Waals surface area (Å²) in [7, 11) is 0. The first kappa shape index (κ1) is 21.5. The van der Waals surface area contributed by atoms with E-state index in [4.69, 9.17) is 0 Å². The van der Waals surface area contributed by atoms with Gasteiger partial charge in [-0.3, -0.25) is 14.2 Å². The summed E-state index contributed by atoms with van der Waals surface area (Å²) in [6.45, 7) is 6.02. The summed E-state index contributed by atoms with van der Waals surface area (Å²) in [4.78, 5) is 30.2. The lowest BCUT2D eigenvalue weighted by molar-refractivity contribution is -0.122. The molecule has 1 atom stereocenters. The smallest absolute Gasteiger partial charge is 0.264 e. The second-order valence-corrected chi connectivity index (χ2v) is 8.14. The van der Waals surface area contributed by atoms with E-state index in [1.165, 1.54) is 17.1 Å². The molecule has 32 heavy (non-hydrogen) atoms. The van der Waals surface area contributed by atoms with Gasteiger partial charge in [0.2, 0.25) is 5.91 Å². The van der Waals surface area contributed by atoms with Gasteiger partial charge < -0.3 is 5.32 Å². The molecule has 7 heteroatoms. The van der Waals surface area contributed by atoms with Crippen molar-refractivity contribution in [3.8, 4) is 5.69 Å². The Labute approximate surface area is 186 Å². The van der Waals surface area contributed by atoms with Gasteiger partial charge in [-0.1, -0.05) is 49.7 Å². The summed E-state index contributed by atoms with van der Waals surface area (Å²) in [5, 5.41) is 7.82. The maximum absolute atomic E-state index is 13.0. The van der Waals surface area contributed by atoms with Crippen LogP contribution in [0, 0.1) is 13.8 Å². The van der Waals surface area contributed by atoms with Crippen molar-refractivity contribution >= 4 is 16.9 Å². The normalized spacial score (nSPS) is 12.1. The SMILES string of the molecule is CCCC(NC(=O)Cn1cnc2c(cnn2-c2cc(C)cc(C)c2)c1=O)c1ccccc1. The minimum Gasteiger partial charge on any atom is -0.348 e. The second kappa shape index (κ2) is 9.18. The van der Waals surface area contributed by atoms with Crippen molar-refractivity contribution in [2.24, 2.45) is 0 Å². The van der Waals surface area contributed by atoms with E-state index >= 15 is 0 Å². The molecule has 0 aliphatic rings. The van der Waals surface area contributed by atoms with Crippen LogP contribution in [0.3, 0.4) is 0 Å². The van der Waals surface area contributed by atoms with Crippen LogP contribution < -0.4 is 10.9 Å². The molecule has 1 amide bonds. The van der Waals surface area contributed by atoms with Gasteiger partial charge in [-0.15, -0.1) is 0 Å². The molecule has 0 spiro atoms. The van der Waals surface area contributed by atoms with Crippen LogP contribution in [0.5, 0.6) is 0 Å². The van der Waals surface area contributed by atoms with Gasteiger partial charge in [0, 0.05) is 0 Å². The average molecular weight is 430 g/mol. The first-order valence-corrected chi connectivity index (χ1v) is 10.8. The molecule has 0 aliphatic heterocycles. The number of carbonyl (C=O) groups excluding carboxylic acids is 1. The zero-order chi connectivity index (χ0) is 22.7. The Balaban J connectivity index is 1.58. The highest BCUT2D eigenvalue weighted by Crippen LogP contribution is 2.19. The lowest BCUT2D eigenvalue weighted by atomic mass is 10.0. The minimum absolute atomic E-state index is 0.0894. The predicted octanol–water partition coefficient (Wildman–Crippen LogP) is 3.86. The lowest BCUT2D eigenvalue weighted by Crippen LogP contribution is -2.34. The number of nitrogens with zero attached hydrogens (tertiary/aromatic N) is 4.